The number of oxazole rings is 1. The maximum Gasteiger partial charge on any atom is 0.292 e. The van der Waals surface area contributed by atoms with Crippen LogP contribution < -0.4 is 5.73 Å². The van der Waals surface area contributed by atoms with E-state index in [0.29, 0.717) is 0 Å². The van der Waals surface area contributed by atoms with Crippen molar-refractivity contribution in [2.45, 2.75) is 12.8 Å². The molecule has 0 aliphatic heterocycles. The molecule has 0 saturated heterocycles. The maximum atomic E-state index is 5.36. The normalized spacial score (nSPS) is 10.3. The summed E-state index contributed by atoms with van der Waals surface area (Å²) in [5, 5.41) is 0. The van der Waals surface area contributed by atoms with Crippen LogP contribution >= 0.6 is 0 Å². The first-order chi connectivity index (χ1) is 6.84. The van der Waals surface area contributed by atoms with Crippen molar-refractivity contribution in [2.24, 2.45) is 0 Å². The number of rotatable bonds is 3. The molecule has 0 aliphatic carbocycles. The van der Waals surface area contributed by atoms with Crippen molar-refractivity contribution >= 4 is 6.01 Å². The molecule has 4 heteroatoms. The number of hydrogen-bond acceptors (Lipinski definition) is 4. The van der Waals surface area contributed by atoms with Gasteiger partial charge >= 0.3 is 0 Å². The molecule has 0 saturated carbocycles. The van der Waals surface area contributed by atoms with Gasteiger partial charge in [-0.3, -0.25) is 4.98 Å². The van der Waals surface area contributed by atoms with Crippen molar-refractivity contribution in [3.63, 3.8) is 0 Å². The molecule has 14 heavy (non-hydrogen) atoms. The Kier molecular flexibility index (Phi) is 2.44. The summed E-state index contributed by atoms with van der Waals surface area (Å²) in [6.45, 7) is 0. The number of aryl methyl sites for hydroxylation is 2. The predicted molar refractivity (Wildman–Crippen MR) is 52.6 cm³/mol. The van der Waals surface area contributed by atoms with Gasteiger partial charge < -0.3 is 10.2 Å². The zero-order valence-corrected chi connectivity index (χ0v) is 7.68. The highest BCUT2D eigenvalue weighted by Gasteiger charge is 2.00. The Hall–Kier alpha value is -1.84. The van der Waals surface area contributed by atoms with E-state index in [1.807, 2.05) is 18.3 Å². The molecule has 0 aliphatic rings. The molecule has 72 valence electrons. The Morgan fingerprint density at radius 3 is 2.86 bits per heavy atom. The summed E-state index contributed by atoms with van der Waals surface area (Å²) in [6.07, 6.45) is 6.96. The van der Waals surface area contributed by atoms with Crippen LogP contribution in [-0.2, 0) is 12.8 Å². The zero-order valence-electron chi connectivity index (χ0n) is 7.68. The van der Waals surface area contributed by atoms with Crippen LogP contribution in [0.25, 0.3) is 0 Å². The Morgan fingerprint density at radius 1 is 1.29 bits per heavy atom. The zero-order chi connectivity index (χ0) is 9.80. The first kappa shape index (κ1) is 8.74. The smallest absolute Gasteiger partial charge is 0.292 e. The van der Waals surface area contributed by atoms with Gasteiger partial charge in [-0.1, -0.05) is 6.07 Å². The van der Waals surface area contributed by atoms with Gasteiger partial charge in [0.15, 0.2) is 0 Å². The van der Waals surface area contributed by atoms with E-state index in [9.17, 15) is 0 Å². The lowest BCUT2D eigenvalue weighted by Gasteiger charge is -1.96. The molecule has 2 aromatic heterocycles. The summed E-state index contributed by atoms with van der Waals surface area (Å²) in [7, 11) is 0. The minimum Gasteiger partial charge on any atom is -0.429 e. The molecule has 2 aromatic rings. The van der Waals surface area contributed by atoms with Crippen molar-refractivity contribution in [1.82, 2.24) is 9.97 Å². The summed E-state index contributed by atoms with van der Waals surface area (Å²) in [6, 6.07) is 4.18. The van der Waals surface area contributed by atoms with Crippen LogP contribution in [-0.4, -0.2) is 9.97 Å². The van der Waals surface area contributed by atoms with Gasteiger partial charge in [0.25, 0.3) is 6.01 Å². The van der Waals surface area contributed by atoms with Gasteiger partial charge in [0.1, 0.15) is 5.76 Å². The van der Waals surface area contributed by atoms with Gasteiger partial charge in [-0.15, -0.1) is 0 Å². The van der Waals surface area contributed by atoms with E-state index in [1.165, 1.54) is 5.56 Å². The van der Waals surface area contributed by atoms with E-state index in [4.69, 9.17) is 10.2 Å². The summed E-state index contributed by atoms with van der Waals surface area (Å²) in [4.78, 5) is 7.86. The fraction of sp³-hybridized carbons (Fsp3) is 0.200. The van der Waals surface area contributed by atoms with Gasteiger partial charge in [0.2, 0.25) is 0 Å². The average molecular weight is 189 g/mol. The Bertz CT molecular complexity index is 397. The highest BCUT2D eigenvalue weighted by Crippen LogP contribution is 2.08. The molecule has 0 amide bonds. The van der Waals surface area contributed by atoms with Gasteiger partial charge in [-0.25, -0.2) is 4.98 Å². The number of anilines is 1. The Morgan fingerprint density at radius 2 is 2.21 bits per heavy atom. The number of pyridine rings is 1. The van der Waals surface area contributed by atoms with Gasteiger partial charge in [-0.05, 0) is 18.1 Å². The highest BCUT2D eigenvalue weighted by atomic mass is 16.4. The molecule has 0 unspecified atom stereocenters. The fourth-order valence-corrected chi connectivity index (χ4v) is 1.25. The molecule has 0 aromatic carbocycles. The second-order valence-electron chi connectivity index (χ2n) is 3.03. The highest BCUT2D eigenvalue weighted by molar-refractivity contribution is 5.14. The van der Waals surface area contributed by atoms with Crippen LogP contribution in [0.1, 0.15) is 11.3 Å². The average Bonchev–Trinajstić information content (AvgIpc) is 2.63. The molecular weight excluding hydrogens is 178 g/mol. The molecule has 2 heterocycles. The minimum atomic E-state index is 0.228. The largest absolute Gasteiger partial charge is 0.429 e. The van der Waals surface area contributed by atoms with Gasteiger partial charge in [0.05, 0.1) is 6.20 Å². The summed E-state index contributed by atoms with van der Waals surface area (Å²) in [5.41, 5.74) is 6.54. The topological polar surface area (TPSA) is 64.9 Å². The second kappa shape index (κ2) is 3.91. The van der Waals surface area contributed by atoms with Crippen LogP contribution in [0.4, 0.5) is 6.01 Å². The standard InChI is InChI=1S/C10H11N3O/c11-10-13-7-9(14-10)4-3-8-2-1-5-12-6-8/h1-2,5-7H,3-4H2,(H2,11,13). The molecule has 2 rings (SSSR count). The van der Waals surface area contributed by atoms with E-state index >= 15 is 0 Å². The van der Waals surface area contributed by atoms with Crippen LogP contribution in [0.15, 0.2) is 35.1 Å². The number of nitrogen functional groups attached to an aromatic ring is 1. The molecule has 0 radical (unpaired) electrons. The van der Waals surface area contributed by atoms with E-state index in [2.05, 4.69) is 9.97 Å². The maximum absolute atomic E-state index is 5.36. The van der Waals surface area contributed by atoms with Crippen LogP contribution in [0.3, 0.4) is 0 Å². The first-order valence-corrected chi connectivity index (χ1v) is 4.43. The lowest BCUT2D eigenvalue weighted by atomic mass is 10.1. The van der Waals surface area contributed by atoms with E-state index < -0.39 is 0 Å². The van der Waals surface area contributed by atoms with Crippen molar-refractivity contribution in [1.29, 1.82) is 0 Å². The molecule has 0 fully saturated rings. The van der Waals surface area contributed by atoms with Crippen molar-refractivity contribution < 1.29 is 4.42 Å². The summed E-state index contributed by atoms with van der Waals surface area (Å²) >= 11 is 0. The molecule has 2 N–H and O–H groups in total. The Balaban J connectivity index is 1.95. The number of hydrogen-bond donors (Lipinski definition) is 1. The van der Waals surface area contributed by atoms with Gasteiger partial charge in [-0.2, -0.15) is 0 Å². The van der Waals surface area contributed by atoms with Crippen LogP contribution in [0.5, 0.6) is 0 Å². The quantitative estimate of drug-likeness (QED) is 0.793. The fourth-order valence-electron chi connectivity index (χ4n) is 1.25. The molecule has 0 bridgehead atoms. The van der Waals surface area contributed by atoms with E-state index in [1.54, 1.807) is 12.4 Å². The second-order valence-corrected chi connectivity index (χ2v) is 3.03. The lowest BCUT2D eigenvalue weighted by Crippen LogP contribution is -1.89. The molecule has 0 spiro atoms. The predicted octanol–water partition coefficient (Wildman–Crippen LogP) is 1.44. The minimum absolute atomic E-state index is 0.228. The number of nitrogens with zero attached hydrogens (tertiary/aromatic N) is 2. The molecule has 0 atom stereocenters. The lowest BCUT2D eigenvalue weighted by molar-refractivity contribution is 0.521. The van der Waals surface area contributed by atoms with Crippen molar-refractivity contribution in [3.05, 3.63) is 42.0 Å². The third kappa shape index (κ3) is 2.10. The first-order valence-electron chi connectivity index (χ1n) is 4.43. The third-order valence-electron chi connectivity index (χ3n) is 1.95. The Labute approximate surface area is 81.8 Å². The summed E-state index contributed by atoms with van der Waals surface area (Å²) < 4.78 is 5.15. The monoisotopic (exact) mass is 189 g/mol. The van der Waals surface area contributed by atoms with Gasteiger partial charge in [0, 0.05) is 18.8 Å². The van der Waals surface area contributed by atoms with E-state index in [0.717, 1.165) is 18.6 Å². The van der Waals surface area contributed by atoms with Crippen LogP contribution in [0.2, 0.25) is 0 Å². The molecular formula is C10H11N3O. The third-order valence-corrected chi connectivity index (χ3v) is 1.95. The van der Waals surface area contributed by atoms with Crippen molar-refractivity contribution in [2.75, 3.05) is 5.73 Å². The number of aromatic nitrogens is 2. The van der Waals surface area contributed by atoms with E-state index in [-0.39, 0.29) is 6.01 Å². The van der Waals surface area contributed by atoms with Crippen molar-refractivity contribution in [3.8, 4) is 0 Å². The SMILES string of the molecule is Nc1ncc(CCc2cccnc2)o1. The number of nitrogens with two attached hydrogens (primary N) is 1. The van der Waals surface area contributed by atoms with Crippen LogP contribution in [0, 0.1) is 0 Å². The summed E-state index contributed by atoms with van der Waals surface area (Å²) in [5.74, 6) is 0.811. The molecule has 4 nitrogen and oxygen atoms in total.